The monoisotopic (exact) mass is 263 g/mol. The summed E-state index contributed by atoms with van der Waals surface area (Å²) in [6.45, 7) is 0.397. The van der Waals surface area contributed by atoms with Crippen LogP contribution in [-0.4, -0.2) is 16.9 Å². The minimum atomic E-state index is -0.0902. The summed E-state index contributed by atoms with van der Waals surface area (Å²) in [6.07, 6.45) is 0. The number of benzene rings is 2. The van der Waals surface area contributed by atoms with Crippen molar-refractivity contribution in [2.24, 2.45) is 0 Å². The normalized spacial score (nSPS) is 12.3. The summed E-state index contributed by atoms with van der Waals surface area (Å²) in [4.78, 5) is 23.3. The highest BCUT2D eigenvalue weighted by molar-refractivity contribution is 6.17. The van der Waals surface area contributed by atoms with Gasteiger partial charge in [-0.2, -0.15) is 0 Å². The van der Waals surface area contributed by atoms with Crippen molar-refractivity contribution in [2.75, 3.05) is 0 Å². The molecule has 1 aliphatic heterocycles. The number of aromatic nitrogens is 1. The second kappa shape index (κ2) is 3.81. The molecule has 0 unspecified atom stereocenters. The van der Waals surface area contributed by atoms with Crippen LogP contribution >= 0.6 is 0 Å². The lowest BCUT2D eigenvalue weighted by atomic mass is 10.1. The fourth-order valence-corrected chi connectivity index (χ4v) is 2.83. The maximum absolute atomic E-state index is 12.5. The summed E-state index contributed by atoms with van der Waals surface area (Å²) in [7, 11) is 0. The summed E-state index contributed by atoms with van der Waals surface area (Å²) in [5.41, 5.74) is 2.83. The van der Waals surface area contributed by atoms with Gasteiger partial charge in [-0.1, -0.05) is 30.3 Å². The lowest BCUT2D eigenvalue weighted by molar-refractivity contribution is -0.120. The van der Waals surface area contributed by atoms with Gasteiger partial charge in [0, 0.05) is 16.5 Å². The number of ether oxygens (including phenoxy) is 1. The van der Waals surface area contributed by atoms with Crippen LogP contribution in [0.4, 0.5) is 0 Å². The van der Waals surface area contributed by atoms with Gasteiger partial charge in [-0.15, -0.1) is 0 Å². The van der Waals surface area contributed by atoms with Crippen LogP contribution in [0, 0.1) is 0 Å². The van der Waals surface area contributed by atoms with Crippen LogP contribution < -0.4 is 4.74 Å². The Labute approximate surface area is 114 Å². The summed E-state index contributed by atoms with van der Waals surface area (Å²) in [6, 6.07) is 14.7. The first kappa shape index (κ1) is 11.0. The minimum Gasteiger partial charge on any atom is -0.426 e. The van der Waals surface area contributed by atoms with Crippen LogP contribution in [-0.2, 0) is 4.79 Å². The van der Waals surface area contributed by atoms with E-state index < -0.39 is 0 Å². The van der Waals surface area contributed by atoms with Gasteiger partial charge in [0.25, 0.3) is 12.4 Å². The number of fused-ring (bicyclic) bond motifs is 5. The van der Waals surface area contributed by atoms with Gasteiger partial charge in [-0.25, -0.2) is 0 Å². The first-order chi connectivity index (χ1) is 9.83. The predicted molar refractivity (Wildman–Crippen MR) is 73.8 cm³/mol. The number of carbonyl (C=O) groups is 2. The highest BCUT2D eigenvalue weighted by Crippen LogP contribution is 2.45. The van der Waals surface area contributed by atoms with Crippen molar-refractivity contribution in [1.29, 1.82) is 0 Å². The maximum Gasteiger partial charge on any atom is 0.298 e. The molecule has 0 saturated heterocycles. The quantitative estimate of drug-likeness (QED) is 0.522. The van der Waals surface area contributed by atoms with E-state index in [1.807, 2.05) is 42.5 Å². The number of nitrogens with zero attached hydrogens (tertiary/aromatic N) is 1. The Kier molecular flexibility index (Phi) is 2.09. The van der Waals surface area contributed by atoms with E-state index in [1.165, 1.54) is 0 Å². The zero-order chi connectivity index (χ0) is 13.7. The molecule has 0 amide bonds. The molecule has 0 N–H and O–H groups in total. The molecule has 3 aromatic rings. The third-order valence-electron chi connectivity index (χ3n) is 3.61. The summed E-state index contributed by atoms with van der Waals surface area (Å²) in [5, 5.41) is 0.762. The van der Waals surface area contributed by atoms with Crippen molar-refractivity contribution < 1.29 is 14.3 Å². The van der Waals surface area contributed by atoms with Gasteiger partial charge >= 0.3 is 0 Å². The molecule has 0 bridgehead atoms. The Morgan fingerprint density at radius 2 is 1.65 bits per heavy atom. The van der Waals surface area contributed by atoms with Crippen LogP contribution in [0.5, 0.6) is 5.75 Å². The van der Waals surface area contributed by atoms with Gasteiger partial charge in [0.05, 0.1) is 5.52 Å². The lowest BCUT2D eigenvalue weighted by Gasteiger charge is -2.00. The number of hydrogen-bond donors (Lipinski definition) is 0. The van der Waals surface area contributed by atoms with Crippen molar-refractivity contribution >= 4 is 23.3 Å². The molecule has 0 saturated carbocycles. The highest BCUT2D eigenvalue weighted by atomic mass is 16.5. The molecule has 0 radical (unpaired) electrons. The Bertz CT molecular complexity index is 877. The predicted octanol–water partition coefficient (Wildman–Crippen LogP) is 2.85. The average molecular weight is 263 g/mol. The van der Waals surface area contributed by atoms with Crippen molar-refractivity contribution in [3.05, 3.63) is 54.1 Å². The molecule has 0 atom stereocenters. The Morgan fingerprint density at radius 1 is 0.950 bits per heavy atom. The van der Waals surface area contributed by atoms with Gasteiger partial charge < -0.3 is 4.74 Å². The van der Waals surface area contributed by atoms with Crippen molar-refractivity contribution in [3.63, 3.8) is 0 Å². The van der Waals surface area contributed by atoms with E-state index in [1.54, 1.807) is 10.6 Å². The smallest absolute Gasteiger partial charge is 0.298 e. The van der Waals surface area contributed by atoms with Crippen LogP contribution in [0.25, 0.3) is 22.2 Å². The molecule has 2 aromatic carbocycles. The third-order valence-corrected chi connectivity index (χ3v) is 3.61. The van der Waals surface area contributed by atoms with E-state index in [4.69, 9.17) is 4.74 Å². The van der Waals surface area contributed by atoms with E-state index >= 15 is 0 Å². The highest BCUT2D eigenvalue weighted by Gasteiger charge is 2.32. The number of rotatable bonds is 2. The van der Waals surface area contributed by atoms with Crippen molar-refractivity contribution in [2.45, 2.75) is 0 Å². The number of hydrogen-bond acceptors (Lipinski definition) is 3. The van der Waals surface area contributed by atoms with Crippen LogP contribution in [0.15, 0.2) is 48.5 Å². The Hall–Kier alpha value is -2.88. The van der Waals surface area contributed by atoms with E-state index in [2.05, 4.69) is 0 Å². The maximum atomic E-state index is 12.5. The number of carbonyl (C=O) groups excluding carboxylic acids is 2. The first-order valence-electron chi connectivity index (χ1n) is 6.21. The number of para-hydroxylation sites is 1. The molecular formula is C16H9NO3. The standard InChI is InChI=1S/C16H9NO3/c18-9-20-15-12-7-3-4-8-13(12)17-14(15)10-5-1-2-6-11(10)16(17)19/h1-9H. The van der Waals surface area contributed by atoms with E-state index in [0.717, 1.165) is 16.5 Å². The topological polar surface area (TPSA) is 48.3 Å². The fourth-order valence-electron chi connectivity index (χ4n) is 2.83. The third kappa shape index (κ3) is 1.20. The Balaban J connectivity index is 2.19. The second-order valence-electron chi connectivity index (χ2n) is 4.60. The first-order valence-corrected chi connectivity index (χ1v) is 6.21. The molecular weight excluding hydrogens is 254 g/mol. The van der Waals surface area contributed by atoms with Crippen molar-refractivity contribution in [1.82, 2.24) is 4.57 Å². The molecule has 2 heterocycles. The molecule has 4 rings (SSSR count). The van der Waals surface area contributed by atoms with Gasteiger partial charge in [-0.3, -0.25) is 14.2 Å². The van der Waals surface area contributed by atoms with E-state index in [-0.39, 0.29) is 5.91 Å². The fraction of sp³-hybridized carbons (Fsp3) is 0. The summed E-state index contributed by atoms with van der Waals surface area (Å²) < 4.78 is 6.76. The molecule has 0 aliphatic carbocycles. The summed E-state index contributed by atoms with van der Waals surface area (Å²) >= 11 is 0. The van der Waals surface area contributed by atoms with Crippen LogP contribution in [0.1, 0.15) is 10.4 Å². The molecule has 4 heteroatoms. The SMILES string of the molecule is O=COc1c2n(c3ccccc13)C(=O)c1ccccc1-2. The zero-order valence-electron chi connectivity index (χ0n) is 10.4. The van der Waals surface area contributed by atoms with Gasteiger partial charge in [0.2, 0.25) is 0 Å². The Morgan fingerprint density at radius 3 is 2.45 bits per heavy atom. The van der Waals surface area contributed by atoms with E-state index in [9.17, 15) is 9.59 Å². The molecule has 4 nitrogen and oxygen atoms in total. The summed E-state index contributed by atoms with van der Waals surface area (Å²) in [5.74, 6) is 0.349. The van der Waals surface area contributed by atoms with Gasteiger partial charge in [0.15, 0.2) is 5.75 Å². The van der Waals surface area contributed by atoms with Crippen LogP contribution in [0.3, 0.4) is 0 Å². The average Bonchev–Trinajstić information content (AvgIpc) is 2.96. The molecule has 0 fully saturated rings. The second-order valence-corrected chi connectivity index (χ2v) is 4.60. The zero-order valence-corrected chi connectivity index (χ0v) is 10.4. The molecule has 1 aromatic heterocycles. The van der Waals surface area contributed by atoms with Crippen molar-refractivity contribution in [3.8, 4) is 17.0 Å². The molecule has 1 aliphatic rings. The van der Waals surface area contributed by atoms with Gasteiger partial charge in [-0.05, 0) is 18.2 Å². The molecule has 96 valence electrons. The lowest BCUT2D eigenvalue weighted by Crippen LogP contribution is -2.05. The minimum absolute atomic E-state index is 0.0902. The van der Waals surface area contributed by atoms with E-state index in [0.29, 0.717) is 23.5 Å². The van der Waals surface area contributed by atoms with Gasteiger partial charge in [0.1, 0.15) is 5.69 Å². The molecule has 20 heavy (non-hydrogen) atoms. The molecule has 0 spiro atoms. The van der Waals surface area contributed by atoms with Crippen LogP contribution in [0.2, 0.25) is 0 Å². The largest absolute Gasteiger partial charge is 0.426 e.